The molecule has 1 rings (SSSR count). The van der Waals surface area contributed by atoms with Crippen LogP contribution >= 0.6 is 15.9 Å². The Balaban J connectivity index is 3.14. The maximum atomic E-state index is 12.4. The summed E-state index contributed by atoms with van der Waals surface area (Å²) in [7, 11) is -5.64. The lowest BCUT2D eigenvalue weighted by Crippen LogP contribution is -2.32. The zero-order valence-electron chi connectivity index (χ0n) is 11.4. The van der Waals surface area contributed by atoms with E-state index in [4.69, 9.17) is 5.73 Å². The molecule has 0 spiro atoms. The second kappa shape index (κ2) is 6.00. The van der Waals surface area contributed by atoms with E-state index in [1.807, 2.05) is 0 Å². The Morgan fingerprint density at radius 3 is 2.30 bits per heavy atom. The predicted octanol–water partition coefficient (Wildman–Crippen LogP) is 1.00. The number of nitrogens with zero attached hydrogens (tertiary/aromatic N) is 1. The minimum absolute atomic E-state index is 0.0780. The van der Waals surface area contributed by atoms with Crippen LogP contribution in [0.3, 0.4) is 0 Å². The normalized spacial score (nSPS) is 12.8. The lowest BCUT2D eigenvalue weighted by molar-refractivity contribution is 0.484. The molecule has 0 radical (unpaired) electrons. The largest absolute Gasteiger partial charge is 0.398 e. The van der Waals surface area contributed by atoms with E-state index >= 15 is 0 Å². The molecular weight excluding hydrogens is 368 g/mol. The fraction of sp³-hybridized carbons (Fsp3) is 0.455. The second-order valence-corrected chi connectivity index (χ2v) is 9.72. The molecule has 0 aliphatic heterocycles. The van der Waals surface area contributed by atoms with E-state index in [2.05, 4.69) is 15.9 Å². The van der Waals surface area contributed by atoms with Crippen molar-refractivity contribution in [2.24, 2.45) is 0 Å². The molecule has 0 saturated heterocycles. The van der Waals surface area contributed by atoms with Gasteiger partial charge < -0.3 is 5.73 Å². The molecule has 0 unspecified atom stereocenters. The van der Waals surface area contributed by atoms with Crippen molar-refractivity contribution in [3.8, 4) is 0 Å². The first kappa shape index (κ1) is 17.4. The SMILES string of the molecule is Cc1cc(Br)c(N)cc1S(=O)(=O)N(C)CCS(C)(=O)=O. The summed E-state index contributed by atoms with van der Waals surface area (Å²) in [5.74, 6) is -0.228. The highest BCUT2D eigenvalue weighted by atomic mass is 79.9. The van der Waals surface area contributed by atoms with Gasteiger partial charge in [-0.05, 0) is 40.5 Å². The van der Waals surface area contributed by atoms with Crippen molar-refractivity contribution in [2.45, 2.75) is 11.8 Å². The van der Waals surface area contributed by atoms with Gasteiger partial charge in [0.05, 0.1) is 10.6 Å². The standard InChI is InChI=1S/C11H17BrN2O4S2/c1-8-6-9(12)10(13)7-11(8)20(17,18)14(2)4-5-19(3,15)16/h6-7H,4-5,13H2,1-3H3. The first-order valence-electron chi connectivity index (χ1n) is 5.65. The molecule has 114 valence electrons. The summed E-state index contributed by atoms with van der Waals surface area (Å²) >= 11 is 3.23. The number of aryl methyl sites for hydroxylation is 1. The molecule has 1 aromatic rings. The maximum absolute atomic E-state index is 12.4. The van der Waals surface area contributed by atoms with Gasteiger partial charge in [0.1, 0.15) is 9.84 Å². The minimum Gasteiger partial charge on any atom is -0.398 e. The lowest BCUT2D eigenvalue weighted by atomic mass is 10.2. The van der Waals surface area contributed by atoms with E-state index in [0.29, 0.717) is 15.7 Å². The van der Waals surface area contributed by atoms with Gasteiger partial charge in [-0.1, -0.05) is 0 Å². The molecule has 20 heavy (non-hydrogen) atoms. The summed E-state index contributed by atoms with van der Waals surface area (Å²) in [6, 6.07) is 2.98. The Morgan fingerprint density at radius 1 is 1.25 bits per heavy atom. The third-order valence-electron chi connectivity index (χ3n) is 2.76. The number of benzene rings is 1. The average Bonchev–Trinajstić information content (AvgIpc) is 2.29. The number of anilines is 1. The van der Waals surface area contributed by atoms with Crippen molar-refractivity contribution in [3.63, 3.8) is 0 Å². The van der Waals surface area contributed by atoms with Crippen LogP contribution in [-0.4, -0.2) is 46.7 Å². The fourth-order valence-electron chi connectivity index (χ4n) is 1.53. The third-order valence-corrected chi connectivity index (χ3v) is 6.37. The highest BCUT2D eigenvalue weighted by molar-refractivity contribution is 9.10. The zero-order valence-corrected chi connectivity index (χ0v) is 14.6. The van der Waals surface area contributed by atoms with Crippen LogP contribution in [0.15, 0.2) is 21.5 Å². The van der Waals surface area contributed by atoms with Crippen molar-refractivity contribution < 1.29 is 16.8 Å². The molecule has 1 aromatic carbocycles. The Hall–Kier alpha value is -0.640. The molecule has 2 N–H and O–H groups in total. The van der Waals surface area contributed by atoms with E-state index < -0.39 is 19.9 Å². The summed E-state index contributed by atoms with van der Waals surface area (Å²) in [5, 5.41) is 0. The number of hydrogen-bond donors (Lipinski definition) is 1. The summed E-state index contributed by atoms with van der Waals surface area (Å²) < 4.78 is 48.7. The van der Waals surface area contributed by atoms with Gasteiger partial charge in [-0.2, -0.15) is 4.31 Å². The van der Waals surface area contributed by atoms with E-state index in [0.717, 1.165) is 10.6 Å². The first-order valence-corrected chi connectivity index (χ1v) is 9.94. The first-order chi connectivity index (χ1) is 8.95. The Morgan fingerprint density at radius 2 is 1.80 bits per heavy atom. The van der Waals surface area contributed by atoms with Gasteiger partial charge in [0.15, 0.2) is 0 Å². The molecule has 0 fully saturated rings. The summed E-state index contributed by atoms with van der Waals surface area (Å²) in [6.45, 7) is 1.55. The number of nitrogens with two attached hydrogens (primary N) is 1. The lowest BCUT2D eigenvalue weighted by Gasteiger charge is -2.18. The highest BCUT2D eigenvalue weighted by Gasteiger charge is 2.24. The molecule has 0 bridgehead atoms. The van der Waals surface area contributed by atoms with Crippen LogP contribution < -0.4 is 5.73 Å². The zero-order chi connectivity index (χ0) is 15.7. The van der Waals surface area contributed by atoms with Crippen molar-refractivity contribution >= 4 is 41.5 Å². The number of rotatable bonds is 5. The number of halogens is 1. The number of nitrogen functional groups attached to an aromatic ring is 1. The second-order valence-electron chi connectivity index (χ2n) is 4.60. The maximum Gasteiger partial charge on any atom is 0.243 e. The van der Waals surface area contributed by atoms with Gasteiger partial charge >= 0.3 is 0 Å². The molecule has 0 amide bonds. The summed E-state index contributed by atoms with van der Waals surface area (Å²) in [4.78, 5) is 0.0780. The number of sulfone groups is 1. The van der Waals surface area contributed by atoms with Gasteiger partial charge in [0, 0.05) is 30.0 Å². The van der Waals surface area contributed by atoms with Crippen LogP contribution in [0.25, 0.3) is 0 Å². The minimum atomic E-state index is -3.76. The van der Waals surface area contributed by atoms with E-state index in [-0.39, 0.29) is 17.2 Å². The van der Waals surface area contributed by atoms with Gasteiger partial charge in [-0.15, -0.1) is 0 Å². The number of sulfonamides is 1. The molecule has 6 nitrogen and oxygen atoms in total. The topological polar surface area (TPSA) is 97.5 Å². The third kappa shape index (κ3) is 4.18. The highest BCUT2D eigenvalue weighted by Crippen LogP contribution is 2.28. The average molecular weight is 385 g/mol. The van der Waals surface area contributed by atoms with E-state index in [1.165, 1.54) is 13.1 Å². The smallest absolute Gasteiger partial charge is 0.243 e. The number of hydrogen-bond acceptors (Lipinski definition) is 5. The Bertz CT molecular complexity index is 714. The van der Waals surface area contributed by atoms with Crippen molar-refractivity contribution in [1.29, 1.82) is 0 Å². The van der Waals surface area contributed by atoms with Crippen LogP contribution in [0.5, 0.6) is 0 Å². The summed E-state index contributed by atoms with van der Waals surface area (Å²) in [5.41, 5.74) is 6.55. The molecule has 0 heterocycles. The molecule has 0 saturated carbocycles. The molecule has 0 aromatic heterocycles. The van der Waals surface area contributed by atoms with E-state index in [1.54, 1.807) is 13.0 Å². The van der Waals surface area contributed by atoms with Crippen LogP contribution in [-0.2, 0) is 19.9 Å². The fourth-order valence-corrected chi connectivity index (χ4v) is 4.12. The Labute approximate surface area is 128 Å². The molecular formula is C11H17BrN2O4S2. The van der Waals surface area contributed by atoms with Crippen molar-refractivity contribution in [3.05, 3.63) is 22.2 Å². The van der Waals surface area contributed by atoms with Gasteiger partial charge in [0.2, 0.25) is 10.0 Å². The molecule has 0 aliphatic rings. The van der Waals surface area contributed by atoms with Crippen molar-refractivity contribution in [1.82, 2.24) is 4.31 Å². The predicted molar refractivity (Wildman–Crippen MR) is 82.8 cm³/mol. The van der Waals surface area contributed by atoms with Crippen LogP contribution in [0, 0.1) is 6.92 Å². The molecule has 0 atom stereocenters. The van der Waals surface area contributed by atoms with Crippen molar-refractivity contribution in [2.75, 3.05) is 31.3 Å². The Kier molecular flexibility index (Phi) is 5.23. The van der Waals surface area contributed by atoms with E-state index in [9.17, 15) is 16.8 Å². The quantitative estimate of drug-likeness (QED) is 0.763. The van der Waals surface area contributed by atoms with Gasteiger partial charge in [-0.25, -0.2) is 16.8 Å². The summed E-state index contributed by atoms with van der Waals surface area (Å²) in [6.07, 6.45) is 1.07. The van der Waals surface area contributed by atoms with Crippen LogP contribution in [0.4, 0.5) is 5.69 Å². The monoisotopic (exact) mass is 384 g/mol. The van der Waals surface area contributed by atoms with Crippen LogP contribution in [0.2, 0.25) is 0 Å². The molecule has 9 heteroatoms. The molecule has 0 aliphatic carbocycles. The van der Waals surface area contributed by atoms with Gasteiger partial charge in [0.25, 0.3) is 0 Å². The van der Waals surface area contributed by atoms with Crippen LogP contribution in [0.1, 0.15) is 5.56 Å². The van der Waals surface area contributed by atoms with Gasteiger partial charge in [-0.3, -0.25) is 0 Å².